The second-order valence-electron chi connectivity index (χ2n) is 7.04. The molecule has 0 spiro atoms. The van der Waals surface area contributed by atoms with Gasteiger partial charge in [0.25, 0.3) is 0 Å². The van der Waals surface area contributed by atoms with Crippen molar-refractivity contribution in [3.05, 3.63) is 66.3 Å². The van der Waals surface area contributed by atoms with Crippen molar-refractivity contribution >= 4 is 0 Å². The Bertz CT molecular complexity index is 810. The molecule has 1 aliphatic rings. The van der Waals surface area contributed by atoms with E-state index in [1.165, 1.54) is 24.8 Å². The Morgan fingerprint density at radius 3 is 2.54 bits per heavy atom. The summed E-state index contributed by atoms with van der Waals surface area (Å²) in [4.78, 5) is 11.1. The van der Waals surface area contributed by atoms with E-state index in [1.54, 1.807) is 12.4 Å². The van der Waals surface area contributed by atoms with E-state index in [0.717, 1.165) is 24.6 Å². The third kappa shape index (κ3) is 3.83. The molecule has 1 aromatic carbocycles. The van der Waals surface area contributed by atoms with Crippen LogP contribution in [0.4, 0.5) is 0 Å². The van der Waals surface area contributed by atoms with Gasteiger partial charge in [0, 0.05) is 18.0 Å². The molecule has 2 aromatic heterocycles. The van der Waals surface area contributed by atoms with Gasteiger partial charge >= 0.3 is 0 Å². The molecular formula is C21H24N4O. The molecule has 0 radical (unpaired) electrons. The topological polar surface area (TPSA) is 55.1 Å². The smallest absolute Gasteiger partial charge is 0.244 e. The molecule has 5 heteroatoms. The zero-order valence-electron chi connectivity index (χ0n) is 15.1. The lowest BCUT2D eigenvalue weighted by molar-refractivity contribution is 0.119. The average molecular weight is 348 g/mol. The van der Waals surface area contributed by atoms with Crippen LogP contribution in [0.5, 0.6) is 0 Å². The fourth-order valence-corrected chi connectivity index (χ4v) is 3.67. The minimum Gasteiger partial charge on any atom is -0.337 e. The van der Waals surface area contributed by atoms with Gasteiger partial charge in [0.1, 0.15) is 0 Å². The van der Waals surface area contributed by atoms with Crippen LogP contribution < -0.4 is 0 Å². The first-order valence-corrected chi connectivity index (χ1v) is 9.31. The number of piperidine rings is 1. The predicted molar refractivity (Wildman–Crippen MR) is 100 cm³/mol. The van der Waals surface area contributed by atoms with E-state index in [2.05, 4.69) is 57.3 Å². The van der Waals surface area contributed by atoms with Gasteiger partial charge in [0.15, 0.2) is 0 Å². The summed E-state index contributed by atoms with van der Waals surface area (Å²) in [5, 5.41) is 4.13. The lowest BCUT2D eigenvalue weighted by Gasteiger charge is -2.34. The highest BCUT2D eigenvalue weighted by molar-refractivity contribution is 5.52. The number of hydrogen-bond acceptors (Lipinski definition) is 5. The molecule has 0 bridgehead atoms. The average Bonchev–Trinajstić information content (AvgIpc) is 3.20. The van der Waals surface area contributed by atoms with Gasteiger partial charge in [-0.15, -0.1) is 0 Å². The molecule has 5 nitrogen and oxygen atoms in total. The fourth-order valence-electron chi connectivity index (χ4n) is 3.67. The number of aromatic nitrogens is 3. The molecule has 0 aliphatic carbocycles. The van der Waals surface area contributed by atoms with Crippen LogP contribution in [0.15, 0.2) is 59.4 Å². The van der Waals surface area contributed by atoms with Gasteiger partial charge in [-0.1, -0.05) is 35.5 Å². The number of pyridine rings is 1. The summed E-state index contributed by atoms with van der Waals surface area (Å²) in [6.45, 7) is 4.30. The van der Waals surface area contributed by atoms with E-state index in [1.807, 2.05) is 12.1 Å². The first-order valence-electron chi connectivity index (χ1n) is 9.31. The van der Waals surface area contributed by atoms with Crippen molar-refractivity contribution in [2.24, 2.45) is 5.92 Å². The van der Waals surface area contributed by atoms with Crippen molar-refractivity contribution in [2.45, 2.75) is 32.2 Å². The Balaban J connectivity index is 1.35. The summed E-state index contributed by atoms with van der Waals surface area (Å²) in [7, 11) is 0. The molecular weight excluding hydrogens is 324 g/mol. The summed E-state index contributed by atoms with van der Waals surface area (Å²) < 4.78 is 5.53. The fraction of sp³-hybridized carbons (Fsp3) is 0.381. The van der Waals surface area contributed by atoms with Crippen molar-refractivity contribution < 1.29 is 4.52 Å². The maximum Gasteiger partial charge on any atom is 0.244 e. The Hall–Kier alpha value is -2.53. The Labute approximate surface area is 154 Å². The number of nitrogens with zero attached hydrogens (tertiary/aromatic N) is 4. The number of likely N-dealkylation sites (tertiary alicyclic amines) is 1. The monoisotopic (exact) mass is 348 g/mol. The van der Waals surface area contributed by atoms with E-state index in [4.69, 9.17) is 4.52 Å². The standard InChI is InChI=1S/C21H24N4O/c1-16(21-23-20(24-26-21)19-7-11-22-12-8-19)25-13-9-18(10-14-25)15-17-5-3-2-4-6-17/h2-8,11-12,16,18H,9-10,13-15H2,1H3. The van der Waals surface area contributed by atoms with E-state index in [-0.39, 0.29) is 6.04 Å². The highest BCUT2D eigenvalue weighted by atomic mass is 16.5. The first kappa shape index (κ1) is 16.9. The summed E-state index contributed by atoms with van der Waals surface area (Å²) in [6.07, 6.45) is 7.09. The molecule has 3 aromatic rings. The van der Waals surface area contributed by atoms with E-state index in [0.29, 0.717) is 11.7 Å². The second-order valence-corrected chi connectivity index (χ2v) is 7.04. The van der Waals surface area contributed by atoms with Gasteiger partial charge < -0.3 is 4.52 Å². The SMILES string of the molecule is CC(c1nc(-c2ccncc2)no1)N1CCC(Cc2ccccc2)CC1. The third-order valence-corrected chi connectivity index (χ3v) is 5.30. The molecule has 1 aliphatic heterocycles. The zero-order chi connectivity index (χ0) is 17.8. The minimum atomic E-state index is 0.149. The molecule has 0 saturated carbocycles. The molecule has 26 heavy (non-hydrogen) atoms. The number of hydrogen-bond donors (Lipinski definition) is 0. The summed E-state index contributed by atoms with van der Waals surface area (Å²) in [5.41, 5.74) is 2.38. The van der Waals surface area contributed by atoms with Gasteiger partial charge in [-0.2, -0.15) is 4.98 Å². The molecule has 1 atom stereocenters. The summed E-state index contributed by atoms with van der Waals surface area (Å²) >= 11 is 0. The number of benzene rings is 1. The maximum absolute atomic E-state index is 5.53. The van der Waals surface area contributed by atoms with Gasteiger partial charge in [-0.05, 0) is 62.9 Å². The van der Waals surface area contributed by atoms with Crippen LogP contribution in [0.2, 0.25) is 0 Å². The normalized spacial score (nSPS) is 17.3. The maximum atomic E-state index is 5.53. The van der Waals surface area contributed by atoms with Crippen LogP contribution >= 0.6 is 0 Å². The third-order valence-electron chi connectivity index (χ3n) is 5.30. The first-order chi connectivity index (χ1) is 12.8. The molecule has 1 unspecified atom stereocenters. The lowest BCUT2D eigenvalue weighted by Crippen LogP contribution is -2.36. The van der Waals surface area contributed by atoms with E-state index >= 15 is 0 Å². The number of rotatable bonds is 5. The minimum absolute atomic E-state index is 0.149. The van der Waals surface area contributed by atoms with Crippen LogP contribution in [0, 0.1) is 5.92 Å². The molecule has 1 fully saturated rings. The Morgan fingerprint density at radius 1 is 1.08 bits per heavy atom. The van der Waals surface area contributed by atoms with E-state index < -0.39 is 0 Å². The molecule has 1 saturated heterocycles. The van der Waals surface area contributed by atoms with E-state index in [9.17, 15) is 0 Å². The van der Waals surface area contributed by atoms with Gasteiger partial charge in [-0.25, -0.2) is 0 Å². The van der Waals surface area contributed by atoms with Gasteiger partial charge in [-0.3, -0.25) is 9.88 Å². The molecule has 4 rings (SSSR count). The van der Waals surface area contributed by atoms with Crippen molar-refractivity contribution in [3.63, 3.8) is 0 Å². The van der Waals surface area contributed by atoms with Crippen LogP contribution in [-0.2, 0) is 6.42 Å². The molecule has 134 valence electrons. The molecule has 0 amide bonds. The zero-order valence-corrected chi connectivity index (χ0v) is 15.1. The van der Waals surface area contributed by atoms with Crippen LogP contribution in [0.3, 0.4) is 0 Å². The molecule has 3 heterocycles. The summed E-state index contributed by atoms with van der Waals surface area (Å²) in [6, 6.07) is 14.7. The van der Waals surface area contributed by atoms with Crippen molar-refractivity contribution in [2.75, 3.05) is 13.1 Å². The van der Waals surface area contributed by atoms with Crippen LogP contribution in [-0.4, -0.2) is 33.1 Å². The van der Waals surface area contributed by atoms with Crippen molar-refractivity contribution in [1.29, 1.82) is 0 Å². The van der Waals surface area contributed by atoms with Crippen LogP contribution in [0.25, 0.3) is 11.4 Å². The second kappa shape index (κ2) is 7.79. The molecule has 0 N–H and O–H groups in total. The predicted octanol–water partition coefficient (Wildman–Crippen LogP) is 4.15. The quantitative estimate of drug-likeness (QED) is 0.693. The highest BCUT2D eigenvalue weighted by Crippen LogP contribution is 2.28. The lowest BCUT2D eigenvalue weighted by atomic mass is 9.89. The largest absolute Gasteiger partial charge is 0.337 e. The summed E-state index contributed by atoms with van der Waals surface area (Å²) in [5.74, 6) is 2.09. The Kier molecular flexibility index (Phi) is 5.07. The van der Waals surface area contributed by atoms with Crippen LogP contribution in [0.1, 0.15) is 37.3 Å². The van der Waals surface area contributed by atoms with Gasteiger partial charge in [0.05, 0.1) is 6.04 Å². The van der Waals surface area contributed by atoms with Crippen molar-refractivity contribution in [1.82, 2.24) is 20.0 Å². The highest BCUT2D eigenvalue weighted by Gasteiger charge is 2.27. The van der Waals surface area contributed by atoms with Crippen molar-refractivity contribution in [3.8, 4) is 11.4 Å². The Morgan fingerprint density at radius 2 is 1.81 bits per heavy atom. The van der Waals surface area contributed by atoms with Gasteiger partial charge in [0.2, 0.25) is 11.7 Å².